The van der Waals surface area contributed by atoms with Gasteiger partial charge in [-0.2, -0.15) is 0 Å². The fraction of sp³-hybridized carbons (Fsp3) is 0.500. The van der Waals surface area contributed by atoms with Crippen molar-refractivity contribution in [1.29, 1.82) is 0 Å². The van der Waals surface area contributed by atoms with Gasteiger partial charge >= 0.3 is 0 Å². The van der Waals surface area contributed by atoms with Crippen molar-refractivity contribution in [3.05, 3.63) is 29.8 Å². The molecule has 1 aromatic rings. The van der Waals surface area contributed by atoms with E-state index in [9.17, 15) is 13.2 Å². The Balaban J connectivity index is 1.89. The molecule has 2 rings (SSSR count). The first-order valence-electron chi connectivity index (χ1n) is 7.07. The largest absolute Gasteiger partial charge is 0.366 e. The molecule has 116 valence electrons. The zero-order valence-corrected chi connectivity index (χ0v) is 12.7. The topological polar surface area (TPSA) is 101 Å². The highest BCUT2D eigenvalue weighted by Gasteiger charge is 2.17. The van der Waals surface area contributed by atoms with Crippen molar-refractivity contribution in [3.63, 3.8) is 0 Å². The van der Waals surface area contributed by atoms with Gasteiger partial charge in [-0.15, -0.1) is 0 Å². The summed E-state index contributed by atoms with van der Waals surface area (Å²) in [5.74, 6) is 0.0604. The molecule has 0 spiro atoms. The summed E-state index contributed by atoms with van der Waals surface area (Å²) in [5, 5.41) is 3.26. The summed E-state index contributed by atoms with van der Waals surface area (Å²) in [6.45, 7) is 1.93. The van der Waals surface area contributed by atoms with Gasteiger partial charge < -0.3 is 11.1 Å². The Kier molecular flexibility index (Phi) is 5.19. The highest BCUT2D eigenvalue weighted by Crippen LogP contribution is 2.18. The van der Waals surface area contributed by atoms with Gasteiger partial charge in [-0.1, -0.05) is 0 Å². The van der Waals surface area contributed by atoms with E-state index in [1.165, 1.54) is 12.1 Å². The summed E-state index contributed by atoms with van der Waals surface area (Å²) in [6.07, 6.45) is 2.74. The second kappa shape index (κ2) is 6.91. The monoisotopic (exact) mass is 311 g/mol. The van der Waals surface area contributed by atoms with Crippen molar-refractivity contribution in [2.24, 2.45) is 11.7 Å². The van der Waals surface area contributed by atoms with Crippen molar-refractivity contribution in [1.82, 2.24) is 5.32 Å². The third-order valence-electron chi connectivity index (χ3n) is 3.70. The average molecular weight is 311 g/mol. The minimum Gasteiger partial charge on any atom is -0.366 e. The highest BCUT2D eigenvalue weighted by molar-refractivity contribution is 7.92. The van der Waals surface area contributed by atoms with Gasteiger partial charge in [0.15, 0.2) is 0 Å². The molecule has 1 aliphatic heterocycles. The minimum atomic E-state index is -3.35. The van der Waals surface area contributed by atoms with Crippen LogP contribution in [-0.4, -0.2) is 33.2 Å². The first-order valence-corrected chi connectivity index (χ1v) is 8.72. The van der Waals surface area contributed by atoms with E-state index in [1.54, 1.807) is 12.1 Å². The number of carbonyl (C=O) groups is 1. The van der Waals surface area contributed by atoms with Gasteiger partial charge in [-0.3, -0.25) is 9.52 Å². The molecule has 1 saturated heterocycles. The molecule has 0 bridgehead atoms. The van der Waals surface area contributed by atoms with Crippen LogP contribution in [0, 0.1) is 5.92 Å². The lowest BCUT2D eigenvalue weighted by Gasteiger charge is -2.22. The van der Waals surface area contributed by atoms with Crippen molar-refractivity contribution in [2.45, 2.75) is 19.3 Å². The van der Waals surface area contributed by atoms with Crippen LogP contribution in [0.5, 0.6) is 0 Å². The molecule has 0 radical (unpaired) electrons. The zero-order valence-electron chi connectivity index (χ0n) is 11.8. The van der Waals surface area contributed by atoms with E-state index in [0.717, 1.165) is 25.9 Å². The molecule has 1 heterocycles. The molecule has 0 aliphatic carbocycles. The van der Waals surface area contributed by atoms with E-state index in [-0.39, 0.29) is 5.75 Å². The summed E-state index contributed by atoms with van der Waals surface area (Å²) in [7, 11) is -3.35. The predicted octanol–water partition coefficient (Wildman–Crippen LogP) is 0.917. The number of benzene rings is 1. The van der Waals surface area contributed by atoms with Crippen molar-refractivity contribution >= 4 is 21.6 Å². The average Bonchev–Trinajstić information content (AvgIpc) is 2.46. The number of hydrogen-bond donors (Lipinski definition) is 3. The highest BCUT2D eigenvalue weighted by atomic mass is 32.2. The molecule has 0 saturated carbocycles. The van der Waals surface area contributed by atoms with Crippen LogP contribution in [0.4, 0.5) is 5.69 Å². The summed E-state index contributed by atoms with van der Waals surface area (Å²) in [5.41, 5.74) is 5.94. The molecule has 4 N–H and O–H groups in total. The van der Waals surface area contributed by atoms with E-state index in [4.69, 9.17) is 5.73 Å². The Labute approximate surface area is 125 Å². The van der Waals surface area contributed by atoms with Crippen molar-refractivity contribution in [2.75, 3.05) is 23.6 Å². The third-order valence-corrected chi connectivity index (χ3v) is 5.02. The number of carbonyl (C=O) groups excluding carboxylic acids is 1. The Hall–Kier alpha value is -1.60. The molecule has 1 amide bonds. The lowest BCUT2D eigenvalue weighted by molar-refractivity contribution is 0.100. The standard InChI is InChI=1S/C14H21N3O3S/c15-14(18)12-1-3-13(4-2-12)17-21(19,20)10-7-11-5-8-16-9-6-11/h1-4,11,16-17H,5-10H2,(H2,15,18). The van der Waals surface area contributed by atoms with Crippen LogP contribution in [0.2, 0.25) is 0 Å². The first kappa shape index (κ1) is 15.8. The number of rotatable bonds is 6. The van der Waals surface area contributed by atoms with Crippen LogP contribution >= 0.6 is 0 Å². The maximum absolute atomic E-state index is 12.0. The molecule has 1 aromatic carbocycles. The Morgan fingerprint density at radius 3 is 2.43 bits per heavy atom. The Morgan fingerprint density at radius 2 is 1.86 bits per heavy atom. The number of anilines is 1. The van der Waals surface area contributed by atoms with Gasteiger partial charge in [0.25, 0.3) is 0 Å². The van der Waals surface area contributed by atoms with Crippen molar-refractivity contribution in [3.8, 4) is 0 Å². The number of amides is 1. The maximum atomic E-state index is 12.0. The number of hydrogen-bond acceptors (Lipinski definition) is 4. The molecule has 21 heavy (non-hydrogen) atoms. The molecule has 0 aromatic heterocycles. The quantitative estimate of drug-likeness (QED) is 0.727. The summed E-state index contributed by atoms with van der Waals surface area (Å²) < 4.78 is 26.6. The lowest BCUT2D eigenvalue weighted by atomic mass is 9.96. The van der Waals surface area contributed by atoms with Gasteiger partial charge in [0, 0.05) is 11.3 Å². The third kappa shape index (κ3) is 5.02. The zero-order chi connectivity index (χ0) is 15.3. The van der Waals surface area contributed by atoms with Gasteiger partial charge in [-0.25, -0.2) is 8.42 Å². The number of primary amides is 1. The molecule has 1 aliphatic rings. The molecule has 6 nitrogen and oxygen atoms in total. The summed E-state index contributed by atoms with van der Waals surface area (Å²) in [4.78, 5) is 11.0. The fourth-order valence-electron chi connectivity index (χ4n) is 2.43. The van der Waals surface area contributed by atoms with E-state index in [0.29, 0.717) is 23.6 Å². The van der Waals surface area contributed by atoms with Crippen LogP contribution in [0.25, 0.3) is 0 Å². The smallest absolute Gasteiger partial charge is 0.248 e. The van der Waals surface area contributed by atoms with E-state index >= 15 is 0 Å². The number of nitrogens with one attached hydrogen (secondary N) is 2. The SMILES string of the molecule is NC(=O)c1ccc(NS(=O)(=O)CCC2CCNCC2)cc1. The van der Waals surface area contributed by atoms with Crippen LogP contribution in [0.15, 0.2) is 24.3 Å². The van der Waals surface area contributed by atoms with Gasteiger partial charge in [0.2, 0.25) is 15.9 Å². The molecule has 1 fully saturated rings. The normalized spacial score (nSPS) is 16.6. The number of piperidine rings is 1. The number of nitrogens with two attached hydrogens (primary N) is 1. The lowest BCUT2D eigenvalue weighted by Crippen LogP contribution is -2.29. The van der Waals surface area contributed by atoms with E-state index < -0.39 is 15.9 Å². The minimum absolute atomic E-state index is 0.120. The van der Waals surface area contributed by atoms with Gasteiger partial charge in [0.1, 0.15) is 0 Å². The fourth-order valence-corrected chi connectivity index (χ4v) is 3.67. The molecule has 0 unspecified atom stereocenters. The van der Waals surface area contributed by atoms with Gasteiger partial charge in [-0.05, 0) is 62.5 Å². The van der Waals surface area contributed by atoms with Crippen LogP contribution in [0.1, 0.15) is 29.6 Å². The summed E-state index contributed by atoms with van der Waals surface area (Å²) in [6, 6.07) is 6.10. The second-order valence-electron chi connectivity index (χ2n) is 5.34. The van der Waals surface area contributed by atoms with Crippen LogP contribution < -0.4 is 15.8 Å². The number of sulfonamides is 1. The van der Waals surface area contributed by atoms with Gasteiger partial charge in [0.05, 0.1) is 5.75 Å². The summed E-state index contributed by atoms with van der Waals surface area (Å²) >= 11 is 0. The van der Waals surface area contributed by atoms with E-state index in [1.807, 2.05) is 0 Å². The molecule has 0 atom stereocenters. The van der Waals surface area contributed by atoms with Crippen molar-refractivity contribution < 1.29 is 13.2 Å². The molecule has 7 heteroatoms. The molecular weight excluding hydrogens is 290 g/mol. The maximum Gasteiger partial charge on any atom is 0.248 e. The van der Waals surface area contributed by atoms with Crippen LogP contribution in [-0.2, 0) is 10.0 Å². The second-order valence-corrected chi connectivity index (χ2v) is 7.19. The Morgan fingerprint density at radius 1 is 1.24 bits per heavy atom. The predicted molar refractivity (Wildman–Crippen MR) is 82.6 cm³/mol. The van der Waals surface area contributed by atoms with Crippen LogP contribution in [0.3, 0.4) is 0 Å². The first-order chi connectivity index (χ1) is 9.96. The molecular formula is C14H21N3O3S. The van der Waals surface area contributed by atoms with E-state index in [2.05, 4.69) is 10.0 Å². The Bertz CT molecular complexity index is 578.